The van der Waals surface area contributed by atoms with Crippen molar-refractivity contribution in [3.8, 4) is 0 Å². The van der Waals surface area contributed by atoms with Crippen LogP contribution in [0.3, 0.4) is 0 Å². The second-order valence-corrected chi connectivity index (χ2v) is 4.83. The van der Waals surface area contributed by atoms with E-state index >= 15 is 0 Å². The van der Waals surface area contributed by atoms with E-state index in [4.69, 9.17) is 16.2 Å². The second kappa shape index (κ2) is 5.86. The molecule has 0 saturated heterocycles. The Morgan fingerprint density at radius 3 is 1.78 bits per heavy atom. The summed E-state index contributed by atoms with van der Waals surface area (Å²) in [6, 6.07) is 13.3. The highest BCUT2D eigenvalue weighted by Crippen LogP contribution is 2.20. The van der Waals surface area contributed by atoms with Crippen molar-refractivity contribution in [3.63, 3.8) is 0 Å². The van der Waals surface area contributed by atoms with E-state index in [1.807, 2.05) is 0 Å². The molecule has 0 saturated carbocycles. The first kappa shape index (κ1) is 12.9. The lowest BCUT2D eigenvalue weighted by Gasteiger charge is -1.96. The van der Waals surface area contributed by atoms with Crippen molar-refractivity contribution < 1.29 is 8.76 Å². The molecule has 0 spiro atoms. The fraction of sp³-hybridized carbons (Fsp3) is 0. The summed E-state index contributed by atoms with van der Waals surface area (Å²) in [4.78, 5) is 0.334. The van der Waals surface area contributed by atoms with Gasteiger partial charge in [0.1, 0.15) is 0 Å². The van der Waals surface area contributed by atoms with Crippen molar-refractivity contribution in [1.82, 2.24) is 0 Å². The van der Waals surface area contributed by atoms with Crippen LogP contribution in [0.5, 0.6) is 0 Å². The van der Waals surface area contributed by atoms with Gasteiger partial charge in [-0.25, -0.2) is 4.21 Å². The molecular formula is C12H9ClN2O2S. The van der Waals surface area contributed by atoms with Crippen LogP contribution in [0.25, 0.3) is 0 Å². The van der Waals surface area contributed by atoms with E-state index in [0.29, 0.717) is 21.3 Å². The Labute approximate surface area is 112 Å². The van der Waals surface area contributed by atoms with Crippen molar-refractivity contribution in [3.05, 3.63) is 53.6 Å². The van der Waals surface area contributed by atoms with Gasteiger partial charge in [0.2, 0.25) is 0 Å². The van der Waals surface area contributed by atoms with Gasteiger partial charge in [0.05, 0.1) is 16.3 Å². The number of hydrogen-bond acceptors (Lipinski definition) is 3. The first-order valence-corrected chi connectivity index (χ1v) is 6.52. The zero-order valence-electron chi connectivity index (χ0n) is 9.15. The van der Waals surface area contributed by atoms with Gasteiger partial charge >= 0.3 is 0 Å². The van der Waals surface area contributed by atoms with Gasteiger partial charge in [-0.15, -0.1) is 0 Å². The first-order chi connectivity index (χ1) is 8.65. The smallest absolute Gasteiger partial charge is 0.186 e. The van der Waals surface area contributed by atoms with Gasteiger partial charge in [0.25, 0.3) is 0 Å². The number of halogens is 1. The Morgan fingerprint density at radius 1 is 0.889 bits per heavy atom. The zero-order chi connectivity index (χ0) is 13.0. The number of rotatable bonds is 3. The van der Waals surface area contributed by atoms with Gasteiger partial charge in [0, 0.05) is 5.02 Å². The van der Waals surface area contributed by atoms with E-state index < -0.39 is 11.1 Å². The summed E-state index contributed by atoms with van der Waals surface area (Å²) >= 11 is 3.78. The van der Waals surface area contributed by atoms with Gasteiger partial charge in [-0.3, -0.25) is 0 Å². The van der Waals surface area contributed by atoms with Crippen LogP contribution in [0, 0.1) is 0 Å². The van der Waals surface area contributed by atoms with Gasteiger partial charge in [-0.05, 0) is 48.5 Å². The number of azo groups is 1. The van der Waals surface area contributed by atoms with E-state index in [-0.39, 0.29) is 0 Å². The molecule has 0 radical (unpaired) electrons. The third kappa shape index (κ3) is 3.46. The molecule has 2 aromatic rings. The maximum Gasteiger partial charge on any atom is 0.186 e. The summed E-state index contributed by atoms with van der Waals surface area (Å²) in [5.74, 6) is 0. The lowest BCUT2D eigenvalue weighted by atomic mass is 10.3. The minimum absolute atomic E-state index is 0.334. The van der Waals surface area contributed by atoms with Crippen LogP contribution in [0.4, 0.5) is 11.4 Å². The van der Waals surface area contributed by atoms with Crippen molar-refractivity contribution in [2.75, 3.05) is 0 Å². The molecule has 2 aromatic carbocycles. The lowest BCUT2D eigenvalue weighted by molar-refractivity contribution is 0.564. The quantitative estimate of drug-likeness (QED) is 0.671. The predicted octanol–water partition coefficient (Wildman–Crippen LogP) is 4.34. The van der Waals surface area contributed by atoms with E-state index in [1.54, 1.807) is 36.4 Å². The van der Waals surface area contributed by atoms with Crippen molar-refractivity contribution >= 4 is 34.1 Å². The molecule has 18 heavy (non-hydrogen) atoms. The highest BCUT2D eigenvalue weighted by molar-refractivity contribution is 7.79. The topological polar surface area (TPSA) is 62.0 Å². The molecule has 0 heterocycles. The van der Waals surface area contributed by atoms with Crippen molar-refractivity contribution in [1.29, 1.82) is 0 Å². The molecule has 0 fully saturated rings. The van der Waals surface area contributed by atoms with Crippen LogP contribution in [-0.4, -0.2) is 8.76 Å². The molecule has 0 bridgehead atoms. The average molecular weight is 281 g/mol. The van der Waals surface area contributed by atoms with Gasteiger partial charge in [0.15, 0.2) is 11.1 Å². The summed E-state index contributed by atoms with van der Waals surface area (Å²) in [6.07, 6.45) is 0. The minimum Gasteiger partial charge on any atom is -0.302 e. The first-order valence-electron chi connectivity index (χ1n) is 5.03. The van der Waals surface area contributed by atoms with Crippen molar-refractivity contribution in [2.45, 2.75) is 4.90 Å². The van der Waals surface area contributed by atoms with Crippen molar-refractivity contribution in [2.24, 2.45) is 10.2 Å². The summed E-state index contributed by atoms with van der Waals surface area (Å²) in [6.45, 7) is 0. The van der Waals surface area contributed by atoms with Crippen LogP contribution in [0.15, 0.2) is 63.7 Å². The zero-order valence-corrected chi connectivity index (χ0v) is 10.7. The van der Waals surface area contributed by atoms with Gasteiger partial charge in [-0.1, -0.05) is 11.6 Å². The van der Waals surface area contributed by atoms with Crippen LogP contribution in [-0.2, 0) is 11.1 Å². The SMILES string of the molecule is O=S(O)c1ccc(N=Nc2ccc(Cl)cc2)cc1. The summed E-state index contributed by atoms with van der Waals surface area (Å²) in [5.41, 5.74) is 1.30. The normalized spacial score (nSPS) is 12.8. The highest BCUT2D eigenvalue weighted by Gasteiger charge is 1.98. The van der Waals surface area contributed by atoms with Crippen LogP contribution < -0.4 is 0 Å². The molecule has 6 heteroatoms. The third-order valence-corrected chi connectivity index (χ3v) is 3.07. The lowest BCUT2D eigenvalue weighted by Crippen LogP contribution is -1.85. The highest BCUT2D eigenvalue weighted by atomic mass is 35.5. The number of benzene rings is 2. The second-order valence-electron chi connectivity index (χ2n) is 3.42. The monoisotopic (exact) mass is 280 g/mol. The standard InChI is InChI=1S/C12H9ClN2O2S/c13-9-1-3-10(4-2-9)14-15-11-5-7-12(8-6-11)18(16)17/h1-8H,(H,16,17). The molecule has 92 valence electrons. The molecule has 0 aliphatic carbocycles. The van der Waals surface area contributed by atoms with E-state index in [1.165, 1.54) is 12.1 Å². The molecule has 2 rings (SSSR count). The maximum atomic E-state index is 10.8. The molecule has 4 nitrogen and oxygen atoms in total. The Hall–Kier alpha value is -1.56. The Balaban J connectivity index is 2.13. The largest absolute Gasteiger partial charge is 0.302 e. The Kier molecular flexibility index (Phi) is 4.19. The molecule has 1 atom stereocenters. The van der Waals surface area contributed by atoms with E-state index in [0.717, 1.165) is 0 Å². The maximum absolute atomic E-state index is 10.8. The number of nitrogens with zero attached hydrogens (tertiary/aromatic N) is 2. The Bertz CT molecular complexity index is 582. The third-order valence-electron chi connectivity index (χ3n) is 2.15. The molecule has 0 amide bonds. The molecule has 1 unspecified atom stereocenters. The van der Waals surface area contributed by atoms with E-state index in [2.05, 4.69) is 10.2 Å². The molecule has 0 aliphatic heterocycles. The fourth-order valence-electron chi connectivity index (χ4n) is 1.25. The molecule has 0 aliphatic rings. The fourth-order valence-corrected chi connectivity index (χ4v) is 1.75. The van der Waals surface area contributed by atoms with Gasteiger partial charge in [-0.2, -0.15) is 10.2 Å². The number of hydrogen-bond donors (Lipinski definition) is 1. The van der Waals surface area contributed by atoms with Crippen LogP contribution in [0.1, 0.15) is 0 Å². The minimum atomic E-state index is -1.97. The summed E-state index contributed by atoms with van der Waals surface area (Å²) in [7, 11) is 0. The summed E-state index contributed by atoms with van der Waals surface area (Å²) in [5, 5.41) is 8.67. The summed E-state index contributed by atoms with van der Waals surface area (Å²) < 4.78 is 19.6. The van der Waals surface area contributed by atoms with E-state index in [9.17, 15) is 4.21 Å². The van der Waals surface area contributed by atoms with Crippen LogP contribution >= 0.6 is 11.6 Å². The van der Waals surface area contributed by atoms with Gasteiger partial charge < -0.3 is 4.55 Å². The average Bonchev–Trinajstić information content (AvgIpc) is 2.38. The molecule has 1 N–H and O–H groups in total. The molecule has 0 aromatic heterocycles. The van der Waals surface area contributed by atoms with Crippen LogP contribution in [0.2, 0.25) is 5.02 Å². The molecular weight excluding hydrogens is 272 g/mol. The Morgan fingerprint density at radius 2 is 1.33 bits per heavy atom. The predicted molar refractivity (Wildman–Crippen MR) is 71.1 cm³/mol.